The second-order valence-corrected chi connectivity index (χ2v) is 5.16. The van der Waals surface area contributed by atoms with Crippen molar-refractivity contribution in [1.82, 2.24) is 4.90 Å². The smallest absolute Gasteiger partial charge is 0.0594 e. The molecule has 0 unspecified atom stereocenters. The van der Waals surface area contributed by atoms with Gasteiger partial charge in [0.25, 0.3) is 0 Å². The number of hydrogen-bond donors (Lipinski definition) is 1. The van der Waals surface area contributed by atoms with Crippen molar-refractivity contribution in [3.05, 3.63) is 29.8 Å². The molecule has 1 aliphatic rings. The maximum absolute atomic E-state index is 5.34. The van der Waals surface area contributed by atoms with Gasteiger partial charge in [-0.1, -0.05) is 26.0 Å². The summed E-state index contributed by atoms with van der Waals surface area (Å²) >= 11 is 0. The Hall–Kier alpha value is -1.06. The lowest BCUT2D eigenvalue weighted by Crippen LogP contribution is -2.39. The summed E-state index contributed by atoms with van der Waals surface area (Å²) in [6, 6.07) is 8.72. The first-order chi connectivity index (χ1) is 8.75. The molecule has 1 aromatic carbocycles. The fourth-order valence-electron chi connectivity index (χ4n) is 2.19. The summed E-state index contributed by atoms with van der Waals surface area (Å²) in [4.78, 5) is 2.45. The molecule has 1 heterocycles. The lowest BCUT2D eigenvalue weighted by Gasteiger charge is -2.26. The molecular formula is C15H26N2O. The second-order valence-electron chi connectivity index (χ2n) is 5.16. The Morgan fingerprint density at radius 2 is 2.11 bits per heavy atom. The van der Waals surface area contributed by atoms with Crippen molar-refractivity contribution in [1.29, 1.82) is 0 Å². The highest BCUT2D eigenvalue weighted by Crippen LogP contribution is 2.18. The maximum atomic E-state index is 5.34. The molecule has 1 fully saturated rings. The SMILES string of the molecule is CC(C)c1cccc(NCCN2CCOCC2)c1.[HH]. The fraction of sp³-hybridized carbons (Fsp3) is 0.600. The van der Waals surface area contributed by atoms with Gasteiger partial charge in [0, 0.05) is 33.3 Å². The fourth-order valence-corrected chi connectivity index (χ4v) is 2.19. The van der Waals surface area contributed by atoms with E-state index in [4.69, 9.17) is 4.74 Å². The average molecular weight is 250 g/mol. The van der Waals surface area contributed by atoms with E-state index < -0.39 is 0 Å². The number of nitrogens with one attached hydrogen (secondary N) is 1. The van der Waals surface area contributed by atoms with Crippen molar-refractivity contribution < 1.29 is 6.16 Å². The highest BCUT2D eigenvalue weighted by atomic mass is 16.5. The van der Waals surface area contributed by atoms with E-state index in [1.54, 1.807) is 0 Å². The van der Waals surface area contributed by atoms with Gasteiger partial charge in [-0.2, -0.15) is 0 Å². The van der Waals surface area contributed by atoms with Gasteiger partial charge in [-0.15, -0.1) is 0 Å². The lowest BCUT2D eigenvalue weighted by molar-refractivity contribution is 0.0398. The van der Waals surface area contributed by atoms with Crippen molar-refractivity contribution in [2.45, 2.75) is 19.8 Å². The van der Waals surface area contributed by atoms with Crippen LogP contribution in [-0.4, -0.2) is 44.3 Å². The van der Waals surface area contributed by atoms with Crippen molar-refractivity contribution >= 4 is 5.69 Å². The number of morpholine rings is 1. The third kappa shape index (κ3) is 4.00. The largest absolute Gasteiger partial charge is 0.384 e. The van der Waals surface area contributed by atoms with E-state index >= 15 is 0 Å². The van der Waals surface area contributed by atoms with E-state index in [2.05, 4.69) is 48.3 Å². The number of rotatable bonds is 5. The minimum atomic E-state index is 0. The first-order valence-corrected chi connectivity index (χ1v) is 6.89. The normalized spacial score (nSPS) is 17.1. The Morgan fingerprint density at radius 1 is 1.33 bits per heavy atom. The summed E-state index contributed by atoms with van der Waals surface area (Å²) in [7, 11) is 0. The van der Waals surface area contributed by atoms with Crippen LogP contribution in [0.1, 0.15) is 26.8 Å². The monoisotopic (exact) mass is 250 g/mol. The predicted molar refractivity (Wildman–Crippen MR) is 78.4 cm³/mol. The summed E-state index contributed by atoms with van der Waals surface area (Å²) in [5, 5.41) is 3.50. The van der Waals surface area contributed by atoms with Crippen molar-refractivity contribution in [3.8, 4) is 0 Å². The van der Waals surface area contributed by atoms with E-state index in [1.807, 2.05) is 0 Å². The third-order valence-electron chi connectivity index (χ3n) is 3.41. The predicted octanol–water partition coefficient (Wildman–Crippen LogP) is 2.80. The molecule has 102 valence electrons. The zero-order valence-corrected chi connectivity index (χ0v) is 11.5. The van der Waals surface area contributed by atoms with Crippen LogP contribution >= 0.6 is 0 Å². The van der Waals surface area contributed by atoms with Crippen LogP contribution < -0.4 is 5.32 Å². The summed E-state index contributed by atoms with van der Waals surface area (Å²) < 4.78 is 5.34. The number of benzene rings is 1. The van der Waals surface area contributed by atoms with Crippen LogP contribution in [0.4, 0.5) is 5.69 Å². The molecule has 1 N–H and O–H groups in total. The van der Waals surface area contributed by atoms with Gasteiger partial charge in [0.1, 0.15) is 0 Å². The number of ether oxygens (including phenoxy) is 1. The number of anilines is 1. The third-order valence-corrected chi connectivity index (χ3v) is 3.41. The Labute approximate surface area is 112 Å². The lowest BCUT2D eigenvalue weighted by atomic mass is 10.0. The molecule has 3 nitrogen and oxygen atoms in total. The van der Waals surface area contributed by atoms with Gasteiger partial charge in [-0.3, -0.25) is 4.90 Å². The van der Waals surface area contributed by atoms with Gasteiger partial charge in [0.2, 0.25) is 0 Å². The van der Waals surface area contributed by atoms with Crippen molar-refractivity contribution in [2.24, 2.45) is 0 Å². The van der Waals surface area contributed by atoms with Crippen LogP contribution in [0.25, 0.3) is 0 Å². The van der Waals surface area contributed by atoms with E-state index in [9.17, 15) is 0 Å². The van der Waals surface area contributed by atoms with E-state index in [0.717, 1.165) is 39.4 Å². The molecule has 0 spiro atoms. The van der Waals surface area contributed by atoms with Gasteiger partial charge in [0.05, 0.1) is 13.2 Å². The molecule has 0 atom stereocenters. The van der Waals surface area contributed by atoms with Crippen molar-refractivity contribution in [3.63, 3.8) is 0 Å². The zero-order valence-electron chi connectivity index (χ0n) is 11.5. The summed E-state index contributed by atoms with van der Waals surface area (Å²) in [5.74, 6) is 0.589. The summed E-state index contributed by atoms with van der Waals surface area (Å²) in [5.41, 5.74) is 2.63. The molecule has 3 heteroatoms. The minimum Gasteiger partial charge on any atom is -0.384 e. The second kappa shape index (κ2) is 6.76. The first kappa shape index (κ1) is 13.4. The van der Waals surface area contributed by atoms with Gasteiger partial charge >= 0.3 is 0 Å². The molecule has 0 aromatic heterocycles. The molecule has 0 amide bonds. The molecular weight excluding hydrogens is 224 g/mol. The van der Waals surface area contributed by atoms with Gasteiger partial charge < -0.3 is 10.1 Å². The van der Waals surface area contributed by atoms with Crippen LogP contribution in [0.15, 0.2) is 24.3 Å². The number of nitrogens with zero attached hydrogens (tertiary/aromatic N) is 1. The van der Waals surface area contributed by atoms with Crippen molar-refractivity contribution in [2.75, 3.05) is 44.7 Å². The molecule has 2 rings (SSSR count). The molecule has 0 radical (unpaired) electrons. The summed E-state index contributed by atoms with van der Waals surface area (Å²) in [6.45, 7) is 10.4. The highest BCUT2D eigenvalue weighted by molar-refractivity contribution is 5.46. The van der Waals surface area contributed by atoms with Crippen LogP contribution in [0.3, 0.4) is 0 Å². The standard InChI is InChI=1S/C15H24N2O.H2/c1-13(2)14-4-3-5-15(12-14)16-6-7-17-8-10-18-11-9-17;/h3-5,12-13,16H,6-11H2,1-2H3;1H. The Balaban J connectivity index is 0.00000180. The Kier molecular flexibility index (Phi) is 5.02. The van der Waals surface area contributed by atoms with E-state index in [1.165, 1.54) is 11.3 Å². The Bertz CT molecular complexity index is 365. The molecule has 1 aliphatic heterocycles. The Morgan fingerprint density at radius 3 is 2.83 bits per heavy atom. The molecule has 1 aromatic rings. The molecule has 18 heavy (non-hydrogen) atoms. The van der Waals surface area contributed by atoms with Crippen LogP contribution in [0.2, 0.25) is 0 Å². The van der Waals surface area contributed by atoms with Crippen LogP contribution in [0.5, 0.6) is 0 Å². The van der Waals surface area contributed by atoms with Crippen LogP contribution in [-0.2, 0) is 4.74 Å². The molecule has 1 saturated heterocycles. The number of hydrogen-bond acceptors (Lipinski definition) is 3. The topological polar surface area (TPSA) is 24.5 Å². The van der Waals surface area contributed by atoms with Gasteiger partial charge in [-0.25, -0.2) is 0 Å². The first-order valence-electron chi connectivity index (χ1n) is 6.89. The molecule has 0 aliphatic carbocycles. The maximum Gasteiger partial charge on any atom is 0.0594 e. The highest BCUT2D eigenvalue weighted by Gasteiger charge is 2.09. The van der Waals surface area contributed by atoms with Gasteiger partial charge in [0.15, 0.2) is 0 Å². The van der Waals surface area contributed by atoms with E-state index in [-0.39, 0.29) is 1.43 Å². The summed E-state index contributed by atoms with van der Waals surface area (Å²) in [6.07, 6.45) is 0. The minimum absolute atomic E-state index is 0. The quantitative estimate of drug-likeness (QED) is 0.869. The average Bonchev–Trinajstić information content (AvgIpc) is 2.40. The molecule has 0 bridgehead atoms. The molecule has 0 saturated carbocycles. The van der Waals surface area contributed by atoms with Crippen LogP contribution in [0, 0.1) is 0 Å². The zero-order chi connectivity index (χ0) is 12.8. The van der Waals surface area contributed by atoms with E-state index in [0.29, 0.717) is 5.92 Å². The van der Waals surface area contributed by atoms with Gasteiger partial charge in [-0.05, 0) is 23.6 Å².